The van der Waals surface area contributed by atoms with Gasteiger partial charge in [-0.2, -0.15) is 0 Å². The quantitative estimate of drug-likeness (QED) is 0.587. The van der Waals surface area contributed by atoms with Crippen molar-refractivity contribution in [3.63, 3.8) is 0 Å². The largest absolute Gasteiger partial charge is 0.491 e. The van der Waals surface area contributed by atoms with Crippen molar-refractivity contribution < 1.29 is 24.1 Å². The van der Waals surface area contributed by atoms with E-state index in [4.69, 9.17) is 14.2 Å². The Labute approximate surface area is 106 Å². The number of hydrogen-bond acceptors (Lipinski definition) is 5. The zero-order chi connectivity index (χ0) is 13.4. The molecular formula is C13H18O5. The molecule has 0 saturated heterocycles. The van der Waals surface area contributed by atoms with Gasteiger partial charge in [-0.15, -0.1) is 0 Å². The number of aliphatic hydroxyl groups is 1. The normalized spacial score (nSPS) is 11.9. The molecule has 0 amide bonds. The predicted octanol–water partition coefficient (Wildman–Crippen LogP) is 1.31. The summed E-state index contributed by atoms with van der Waals surface area (Å²) < 4.78 is 15.0. The van der Waals surface area contributed by atoms with Crippen LogP contribution in [-0.2, 0) is 14.3 Å². The first-order valence-electron chi connectivity index (χ1n) is 5.75. The van der Waals surface area contributed by atoms with Crippen LogP contribution in [0.15, 0.2) is 24.3 Å². The van der Waals surface area contributed by atoms with Gasteiger partial charge in [0.15, 0.2) is 6.10 Å². The Kier molecular flexibility index (Phi) is 6.18. The van der Waals surface area contributed by atoms with Crippen LogP contribution in [0.4, 0.5) is 0 Å². The van der Waals surface area contributed by atoms with E-state index in [1.54, 1.807) is 38.3 Å². The van der Waals surface area contributed by atoms with Crippen LogP contribution in [0.3, 0.4) is 0 Å². The van der Waals surface area contributed by atoms with E-state index < -0.39 is 12.1 Å². The van der Waals surface area contributed by atoms with E-state index in [0.29, 0.717) is 24.5 Å². The van der Waals surface area contributed by atoms with Gasteiger partial charge in [0.1, 0.15) is 12.4 Å². The molecule has 0 fully saturated rings. The molecule has 1 rings (SSSR count). The third kappa shape index (κ3) is 4.35. The number of ether oxygens (including phenoxy) is 3. The van der Waals surface area contributed by atoms with Crippen molar-refractivity contribution in [3.8, 4) is 5.75 Å². The second kappa shape index (κ2) is 7.68. The molecule has 1 N–H and O–H groups in total. The molecule has 0 aliphatic rings. The van der Waals surface area contributed by atoms with Crippen molar-refractivity contribution in [2.45, 2.75) is 13.0 Å². The summed E-state index contributed by atoms with van der Waals surface area (Å²) in [5, 5.41) is 9.69. The Hall–Kier alpha value is -1.59. The second-order valence-electron chi connectivity index (χ2n) is 3.56. The maximum atomic E-state index is 11.3. The summed E-state index contributed by atoms with van der Waals surface area (Å²) in [6.07, 6.45) is -1.25. The third-order valence-electron chi connectivity index (χ3n) is 2.26. The van der Waals surface area contributed by atoms with Crippen LogP contribution in [0.1, 0.15) is 18.6 Å². The number of methoxy groups -OCH3 is 1. The minimum absolute atomic E-state index is 0.244. The monoisotopic (exact) mass is 254 g/mol. The molecule has 5 heteroatoms. The maximum Gasteiger partial charge on any atom is 0.339 e. The highest BCUT2D eigenvalue weighted by molar-refractivity contribution is 5.76. The molecule has 0 aromatic heterocycles. The Balaban J connectivity index is 2.56. The first kappa shape index (κ1) is 14.5. The highest BCUT2D eigenvalue weighted by Crippen LogP contribution is 2.18. The fourth-order valence-corrected chi connectivity index (χ4v) is 1.35. The number of carbonyl (C=O) groups excluding carboxylic acids is 1. The van der Waals surface area contributed by atoms with E-state index >= 15 is 0 Å². The molecule has 5 nitrogen and oxygen atoms in total. The van der Waals surface area contributed by atoms with Crippen molar-refractivity contribution in [2.75, 3.05) is 26.9 Å². The van der Waals surface area contributed by atoms with Crippen molar-refractivity contribution in [1.82, 2.24) is 0 Å². The van der Waals surface area contributed by atoms with E-state index in [0.717, 1.165) is 0 Å². The molecule has 0 spiro atoms. The van der Waals surface area contributed by atoms with Crippen LogP contribution in [0.25, 0.3) is 0 Å². The summed E-state index contributed by atoms with van der Waals surface area (Å²) in [5.41, 5.74) is 0.479. The summed E-state index contributed by atoms with van der Waals surface area (Å²) in [6, 6.07) is 6.63. The van der Waals surface area contributed by atoms with Crippen LogP contribution in [-0.4, -0.2) is 38.0 Å². The molecule has 0 saturated carbocycles. The molecule has 1 aromatic rings. The van der Waals surface area contributed by atoms with Gasteiger partial charge < -0.3 is 19.3 Å². The Morgan fingerprint density at radius 2 is 1.94 bits per heavy atom. The zero-order valence-corrected chi connectivity index (χ0v) is 10.6. The number of aliphatic hydroxyl groups excluding tert-OH is 1. The van der Waals surface area contributed by atoms with Crippen molar-refractivity contribution >= 4 is 5.97 Å². The summed E-state index contributed by atoms with van der Waals surface area (Å²) in [6.45, 7) is 2.90. The van der Waals surface area contributed by atoms with Gasteiger partial charge in [0.25, 0.3) is 0 Å². The van der Waals surface area contributed by atoms with Gasteiger partial charge in [-0.25, -0.2) is 4.79 Å². The highest BCUT2D eigenvalue weighted by Gasteiger charge is 2.18. The van der Waals surface area contributed by atoms with Crippen LogP contribution in [0.5, 0.6) is 5.75 Å². The minimum atomic E-state index is -1.25. The molecular weight excluding hydrogens is 236 g/mol. The Morgan fingerprint density at radius 3 is 2.50 bits per heavy atom. The lowest BCUT2D eigenvalue weighted by atomic mass is 10.1. The number of esters is 1. The SMILES string of the molecule is CCOC(=O)C(O)c1ccc(OCCOC)cc1. The van der Waals surface area contributed by atoms with Gasteiger partial charge in [-0.3, -0.25) is 0 Å². The fourth-order valence-electron chi connectivity index (χ4n) is 1.35. The molecule has 18 heavy (non-hydrogen) atoms. The Morgan fingerprint density at radius 1 is 1.28 bits per heavy atom. The molecule has 0 heterocycles. The van der Waals surface area contributed by atoms with Crippen molar-refractivity contribution in [1.29, 1.82) is 0 Å². The number of hydrogen-bond donors (Lipinski definition) is 1. The van der Waals surface area contributed by atoms with Gasteiger partial charge in [0.05, 0.1) is 13.2 Å². The lowest BCUT2D eigenvalue weighted by Gasteiger charge is -2.11. The number of rotatable bonds is 7. The lowest BCUT2D eigenvalue weighted by Crippen LogP contribution is -2.15. The maximum absolute atomic E-state index is 11.3. The average Bonchev–Trinajstić information content (AvgIpc) is 2.39. The van der Waals surface area contributed by atoms with Gasteiger partial charge in [-0.05, 0) is 24.6 Å². The van der Waals surface area contributed by atoms with E-state index in [9.17, 15) is 9.90 Å². The van der Waals surface area contributed by atoms with Gasteiger partial charge in [0.2, 0.25) is 0 Å². The Bertz CT molecular complexity index is 360. The molecule has 0 bridgehead atoms. The molecule has 100 valence electrons. The summed E-state index contributed by atoms with van der Waals surface area (Å²) in [7, 11) is 1.60. The fraction of sp³-hybridized carbons (Fsp3) is 0.462. The molecule has 0 aliphatic carbocycles. The lowest BCUT2D eigenvalue weighted by molar-refractivity contribution is -0.153. The zero-order valence-electron chi connectivity index (χ0n) is 10.6. The van der Waals surface area contributed by atoms with E-state index in [1.165, 1.54) is 0 Å². The van der Waals surface area contributed by atoms with Crippen molar-refractivity contribution in [2.24, 2.45) is 0 Å². The minimum Gasteiger partial charge on any atom is -0.491 e. The summed E-state index contributed by atoms with van der Waals surface area (Å²) in [5.74, 6) is 0.0115. The van der Waals surface area contributed by atoms with Gasteiger partial charge in [-0.1, -0.05) is 12.1 Å². The molecule has 0 aliphatic heterocycles. The topological polar surface area (TPSA) is 65.0 Å². The van der Waals surface area contributed by atoms with Gasteiger partial charge in [0, 0.05) is 7.11 Å². The standard InChI is InChI=1S/C13H18O5/c1-3-17-13(15)12(14)10-4-6-11(7-5-10)18-9-8-16-2/h4-7,12,14H,3,8-9H2,1-2H3. The average molecular weight is 254 g/mol. The first-order valence-corrected chi connectivity index (χ1v) is 5.75. The highest BCUT2D eigenvalue weighted by atomic mass is 16.5. The molecule has 1 unspecified atom stereocenters. The van der Waals surface area contributed by atoms with Crippen molar-refractivity contribution in [3.05, 3.63) is 29.8 Å². The molecule has 1 atom stereocenters. The number of benzene rings is 1. The third-order valence-corrected chi connectivity index (χ3v) is 2.26. The predicted molar refractivity (Wildman–Crippen MR) is 65.4 cm³/mol. The summed E-state index contributed by atoms with van der Waals surface area (Å²) >= 11 is 0. The van der Waals surface area contributed by atoms with Crippen LogP contribution in [0.2, 0.25) is 0 Å². The first-order chi connectivity index (χ1) is 8.69. The van der Waals surface area contributed by atoms with Crippen LogP contribution < -0.4 is 4.74 Å². The smallest absolute Gasteiger partial charge is 0.339 e. The van der Waals surface area contributed by atoms with Crippen LogP contribution in [0, 0.1) is 0 Å². The second-order valence-corrected chi connectivity index (χ2v) is 3.56. The van der Waals surface area contributed by atoms with Gasteiger partial charge >= 0.3 is 5.97 Å². The van der Waals surface area contributed by atoms with E-state index in [2.05, 4.69) is 0 Å². The van der Waals surface area contributed by atoms with E-state index in [1.807, 2.05) is 0 Å². The van der Waals surface area contributed by atoms with Crippen LogP contribution >= 0.6 is 0 Å². The number of carbonyl (C=O) groups is 1. The molecule has 0 radical (unpaired) electrons. The summed E-state index contributed by atoms with van der Waals surface area (Å²) in [4.78, 5) is 11.3. The van der Waals surface area contributed by atoms with E-state index in [-0.39, 0.29) is 6.61 Å². The molecule has 1 aromatic carbocycles.